The van der Waals surface area contributed by atoms with Gasteiger partial charge in [-0.2, -0.15) is 0 Å². The molecule has 22 heavy (non-hydrogen) atoms. The van der Waals surface area contributed by atoms with Crippen LogP contribution in [0.5, 0.6) is 5.75 Å². The number of rotatable bonds is 5. The Kier molecular flexibility index (Phi) is 4.62. The molecule has 0 aliphatic rings. The lowest BCUT2D eigenvalue weighted by molar-refractivity contribution is -0.385. The summed E-state index contributed by atoms with van der Waals surface area (Å²) in [5.41, 5.74) is 6.63. The summed E-state index contributed by atoms with van der Waals surface area (Å²) in [6.07, 6.45) is 0. The number of carbonyl (C=O) groups is 1. The number of nitrogens with two attached hydrogens (primary N) is 1. The van der Waals surface area contributed by atoms with Crippen molar-refractivity contribution in [1.29, 1.82) is 0 Å². The maximum atomic E-state index is 11.4. The maximum absolute atomic E-state index is 11.4. The topological polar surface area (TPSA) is 95.5 Å². The molecule has 2 aromatic rings. The van der Waals surface area contributed by atoms with Gasteiger partial charge in [0, 0.05) is 16.7 Å². The van der Waals surface area contributed by atoms with Gasteiger partial charge in [-0.15, -0.1) is 0 Å². The molecule has 0 heterocycles. The number of halogens is 1. The standard InChI is InChI=1S/C15H13ClN2O4/c1-9-10(3-2-4-13(9)18(20)21)8-22-14-6-5-11(16)7-12(14)15(17)19/h2-7H,8H2,1H3,(H2,17,19). The summed E-state index contributed by atoms with van der Waals surface area (Å²) in [6, 6.07) is 9.26. The summed E-state index contributed by atoms with van der Waals surface area (Å²) in [5.74, 6) is -0.379. The van der Waals surface area contributed by atoms with Crippen molar-refractivity contribution in [2.75, 3.05) is 0 Å². The number of ether oxygens (including phenoxy) is 1. The predicted octanol–water partition coefficient (Wildman–Crippen LogP) is 3.23. The summed E-state index contributed by atoms with van der Waals surface area (Å²) in [6.45, 7) is 1.73. The average Bonchev–Trinajstić information content (AvgIpc) is 2.46. The molecule has 2 rings (SSSR count). The molecule has 0 aliphatic heterocycles. The molecule has 0 fully saturated rings. The number of carbonyl (C=O) groups excluding carboxylic acids is 1. The third kappa shape index (κ3) is 3.35. The second kappa shape index (κ2) is 6.44. The van der Waals surface area contributed by atoms with Crippen LogP contribution in [0.3, 0.4) is 0 Å². The number of nitro groups is 1. The Hall–Kier alpha value is -2.60. The van der Waals surface area contributed by atoms with E-state index in [2.05, 4.69) is 0 Å². The van der Waals surface area contributed by atoms with Gasteiger partial charge in [-0.1, -0.05) is 23.7 Å². The minimum absolute atomic E-state index is 0.0207. The highest BCUT2D eigenvalue weighted by Gasteiger charge is 2.15. The van der Waals surface area contributed by atoms with Gasteiger partial charge in [0.2, 0.25) is 0 Å². The lowest BCUT2D eigenvalue weighted by Gasteiger charge is -2.11. The van der Waals surface area contributed by atoms with Gasteiger partial charge in [-0.3, -0.25) is 14.9 Å². The Morgan fingerprint density at radius 1 is 1.36 bits per heavy atom. The fourth-order valence-electron chi connectivity index (χ4n) is 2.00. The molecule has 2 aromatic carbocycles. The molecule has 0 radical (unpaired) electrons. The monoisotopic (exact) mass is 320 g/mol. The van der Waals surface area contributed by atoms with Crippen LogP contribution in [0.4, 0.5) is 5.69 Å². The zero-order valence-electron chi connectivity index (χ0n) is 11.7. The third-order valence-corrected chi connectivity index (χ3v) is 3.44. The highest BCUT2D eigenvalue weighted by Crippen LogP contribution is 2.26. The number of nitrogens with zero attached hydrogens (tertiary/aromatic N) is 1. The smallest absolute Gasteiger partial charge is 0.272 e. The van der Waals surface area contributed by atoms with Crippen molar-refractivity contribution in [2.45, 2.75) is 13.5 Å². The summed E-state index contributed by atoms with van der Waals surface area (Å²) in [7, 11) is 0. The minimum atomic E-state index is -0.659. The van der Waals surface area contributed by atoms with E-state index >= 15 is 0 Å². The number of primary amides is 1. The van der Waals surface area contributed by atoms with E-state index in [0.29, 0.717) is 16.1 Å². The van der Waals surface area contributed by atoms with Gasteiger partial charge in [0.15, 0.2) is 0 Å². The van der Waals surface area contributed by atoms with Gasteiger partial charge in [0.1, 0.15) is 12.4 Å². The number of hydrogen-bond donors (Lipinski definition) is 1. The molecule has 7 heteroatoms. The molecule has 0 unspecified atom stereocenters. The molecular weight excluding hydrogens is 308 g/mol. The molecule has 2 N–H and O–H groups in total. The summed E-state index contributed by atoms with van der Waals surface area (Å²) < 4.78 is 5.57. The van der Waals surface area contributed by atoms with E-state index in [1.165, 1.54) is 18.2 Å². The van der Waals surface area contributed by atoms with Crippen LogP contribution in [0.15, 0.2) is 36.4 Å². The molecule has 0 bridgehead atoms. The summed E-state index contributed by atoms with van der Waals surface area (Å²) >= 11 is 5.82. The largest absolute Gasteiger partial charge is 0.488 e. The van der Waals surface area contributed by atoms with Crippen LogP contribution < -0.4 is 10.5 Å². The van der Waals surface area contributed by atoms with Gasteiger partial charge >= 0.3 is 0 Å². The minimum Gasteiger partial charge on any atom is -0.488 e. The van der Waals surface area contributed by atoms with Gasteiger partial charge < -0.3 is 10.5 Å². The Labute approximate surface area is 131 Å². The SMILES string of the molecule is Cc1c(COc2ccc(Cl)cc2C(N)=O)cccc1[N+](=O)[O-]. The molecule has 0 aliphatic carbocycles. The van der Waals surface area contributed by atoms with Gasteiger partial charge in [-0.05, 0) is 30.7 Å². The molecule has 0 aromatic heterocycles. The molecule has 6 nitrogen and oxygen atoms in total. The first-order chi connectivity index (χ1) is 10.4. The molecule has 1 amide bonds. The Balaban J connectivity index is 2.26. The molecule has 0 saturated heterocycles. The van der Waals surface area contributed by atoms with Crippen LogP contribution >= 0.6 is 11.6 Å². The van der Waals surface area contributed by atoms with Gasteiger partial charge in [-0.25, -0.2) is 0 Å². The summed E-state index contributed by atoms with van der Waals surface area (Å²) in [5, 5.41) is 11.3. The molecule has 0 saturated carbocycles. The van der Waals surface area contributed by atoms with E-state index in [1.54, 1.807) is 25.1 Å². The van der Waals surface area contributed by atoms with Crippen molar-refractivity contribution in [3.8, 4) is 5.75 Å². The maximum Gasteiger partial charge on any atom is 0.272 e. The van der Waals surface area contributed by atoms with Gasteiger partial charge in [0.05, 0.1) is 10.5 Å². The van der Waals surface area contributed by atoms with Crippen molar-refractivity contribution in [1.82, 2.24) is 0 Å². The third-order valence-electron chi connectivity index (χ3n) is 3.20. The second-order valence-electron chi connectivity index (χ2n) is 4.61. The van der Waals surface area contributed by atoms with Crippen molar-refractivity contribution < 1.29 is 14.5 Å². The first kappa shape index (κ1) is 15.8. The lowest BCUT2D eigenvalue weighted by Crippen LogP contribution is -2.13. The highest BCUT2D eigenvalue weighted by atomic mass is 35.5. The fraction of sp³-hybridized carbons (Fsp3) is 0.133. The van der Waals surface area contributed by atoms with E-state index < -0.39 is 10.8 Å². The molecule has 0 atom stereocenters. The Morgan fingerprint density at radius 3 is 2.73 bits per heavy atom. The van der Waals surface area contributed by atoms with E-state index in [0.717, 1.165) is 0 Å². The van der Waals surface area contributed by atoms with Crippen molar-refractivity contribution >= 4 is 23.2 Å². The zero-order chi connectivity index (χ0) is 16.3. The van der Waals surface area contributed by atoms with Crippen LogP contribution in [0.2, 0.25) is 5.02 Å². The molecule has 0 spiro atoms. The van der Waals surface area contributed by atoms with Gasteiger partial charge in [0.25, 0.3) is 11.6 Å². The van der Waals surface area contributed by atoms with Crippen LogP contribution in [0.1, 0.15) is 21.5 Å². The van der Waals surface area contributed by atoms with Crippen LogP contribution in [-0.4, -0.2) is 10.8 Å². The van der Waals surface area contributed by atoms with Crippen LogP contribution in [-0.2, 0) is 6.61 Å². The molecular formula is C15H13ClN2O4. The normalized spacial score (nSPS) is 10.3. The second-order valence-corrected chi connectivity index (χ2v) is 5.05. The number of amides is 1. The summed E-state index contributed by atoms with van der Waals surface area (Å²) in [4.78, 5) is 21.9. The van der Waals surface area contributed by atoms with E-state index in [4.69, 9.17) is 22.1 Å². The molecule has 114 valence electrons. The van der Waals surface area contributed by atoms with Crippen molar-refractivity contribution in [2.24, 2.45) is 5.73 Å². The van der Waals surface area contributed by atoms with Crippen molar-refractivity contribution in [3.05, 3.63) is 68.2 Å². The van der Waals surface area contributed by atoms with E-state index in [9.17, 15) is 14.9 Å². The first-order valence-corrected chi connectivity index (χ1v) is 6.73. The van der Waals surface area contributed by atoms with Crippen molar-refractivity contribution in [3.63, 3.8) is 0 Å². The number of benzene rings is 2. The van der Waals surface area contributed by atoms with E-state index in [1.807, 2.05) is 0 Å². The first-order valence-electron chi connectivity index (χ1n) is 6.35. The number of hydrogen-bond acceptors (Lipinski definition) is 4. The Bertz CT molecular complexity index is 746. The fourth-order valence-corrected chi connectivity index (χ4v) is 2.17. The van der Waals surface area contributed by atoms with Crippen LogP contribution in [0, 0.1) is 17.0 Å². The average molecular weight is 321 g/mol. The van der Waals surface area contributed by atoms with E-state index in [-0.39, 0.29) is 23.6 Å². The number of nitro benzene ring substituents is 1. The zero-order valence-corrected chi connectivity index (χ0v) is 12.5. The highest BCUT2D eigenvalue weighted by molar-refractivity contribution is 6.31. The lowest BCUT2D eigenvalue weighted by atomic mass is 10.1. The quantitative estimate of drug-likeness (QED) is 0.675. The Morgan fingerprint density at radius 2 is 2.09 bits per heavy atom. The predicted molar refractivity (Wildman–Crippen MR) is 82.1 cm³/mol. The van der Waals surface area contributed by atoms with Crippen LogP contribution in [0.25, 0.3) is 0 Å².